The van der Waals surface area contributed by atoms with Crippen molar-refractivity contribution in [3.63, 3.8) is 0 Å². The average Bonchev–Trinajstić information content (AvgIpc) is 3.32. The fraction of sp³-hybridized carbons (Fsp3) is 0.875. The first-order valence-corrected chi connectivity index (χ1v) is 12.0. The standard InChI is InChI=1S/C24H37NO7/c1-6-18-13(2)11-23(4)24(32-23)17(10-19(30-5)22(27)31-18)8-7-15-9-16(12-25(28)29)14(3)21(26)20(15)24/h7-8,13-21,26H,6,9-12H2,1-5H3/t13-,14?,15+,16-,17-,18-,19+,20+,21-,23?,24+/m1/s1. The number of epoxide rings is 1. The number of esters is 1. The van der Waals surface area contributed by atoms with E-state index < -0.39 is 23.4 Å². The third-order valence-electron chi connectivity index (χ3n) is 8.92. The number of hydrogen-bond acceptors (Lipinski definition) is 7. The first-order valence-electron chi connectivity index (χ1n) is 12.0. The SMILES string of the molecule is CC[C@H]1OC(=O)[C@@H](OC)C[C@H]2C=C[C@H]3C[C@H](C[N+](=O)[O-])C(C)[C@@H](O)[C@H]3[C@@]23OC3(C)C[C@H]1C. The number of hydrogen-bond donors (Lipinski definition) is 1. The van der Waals surface area contributed by atoms with Gasteiger partial charge in [0, 0.05) is 29.8 Å². The number of methoxy groups -OCH3 is 1. The summed E-state index contributed by atoms with van der Waals surface area (Å²) in [6.07, 6.45) is 5.09. The van der Waals surface area contributed by atoms with E-state index in [9.17, 15) is 20.0 Å². The van der Waals surface area contributed by atoms with Crippen molar-refractivity contribution >= 4 is 5.97 Å². The van der Waals surface area contributed by atoms with Crippen LogP contribution in [0.25, 0.3) is 0 Å². The van der Waals surface area contributed by atoms with Gasteiger partial charge in [-0.2, -0.15) is 0 Å². The highest BCUT2D eigenvalue weighted by Gasteiger charge is 2.77. The zero-order valence-corrected chi connectivity index (χ0v) is 19.7. The van der Waals surface area contributed by atoms with Crippen LogP contribution in [0.2, 0.25) is 0 Å². The van der Waals surface area contributed by atoms with Gasteiger partial charge >= 0.3 is 5.97 Å². The number of ether oxygens (including phenoxy) is 3. The Hall–Kier alpha value is -1.51. The van der Waals surface area contributed by atoms with Crippen LogP contribution in [-0.2, 0) is 19.0 Å². The number of nitrogens with zero attached hydrogens (tertiary/aromatic N) is 1. The van der Waals surface area contributed by atoms with Gasteiger partial charge in [-0.1, -0.05) is 32.9 Å². The van der Waals surface area contributed by atoms with E-state index >= 15 is 0 Å². The van der Waals surface area contributed by atoms with E-state index in [2.05, 4.69) is 26.0 Å². The van der Waals surface area contributed by atoms with Crippen molar-refractivity contribution in [2.24, 2.45) is 35.5 Å². The monoisotopic (exact) mass is 451 g/mol. The lowest BCUT2D eigenvalue weighted by Gasteiger charge is -2.49. The van der Waals surface area contributed by atoms with Crippen molar-refractivity contribution in [3.8, 4) is 0 Å². The number of fused-ring (bicyclic) bond motifs is 1. The molecule has 180 valence electrons. The molecule has 0 aromatic rings. The van der Waals surface area contributed by atoms with Crippen molar-refractivity contribution in [2.45, 2.75) is 82.9 Å². The van der Waals surface area contributed by atoms with Gasteiger partial charge in [0.05, 0.1) is 11.7 Å². The highest BCUT2D eigenvalue weighted by atomic mass is 16.6. The maximum atomic E-state index is 12.9. The summed E-state index contributed by atoms with van der Waals surface area (Å²) in [5, 5.41) is 22.7. The first kappa shape index (κ1) is 23.6. The fourth-order valence-corrected chi connectivity index (χ4v) is 7.22. The topological polar surface area (TPSA) is 111 Å². The number of aliphatic hydroxyl groups excluding tert-OH is 1. The fourth-order valence-electron chi connectivity index (χ4n) is 7.22. The molecule has 11 atom stereocenters. The van der Waals surface area contributed by atoms with Gasteiger partial charge in [0.1, 0.15) is 11.7 Å². The maximum absolute atomic E-state index is 12.9. The van der Waals surface area contributed by atoms with Crippen LogP contribution in [0.3, 0.4) is 0 Å². The number of allylic oxidation sites excluding steroid dienone is 1. The summed E-state index contributed by atoms with van der Waals surface area (Å²) in [5.41, 5.74) is -1.07. The predicted octanol–water partition coefficient (Wildman–Crippen LogP) is 2.99. The number of aliphatic hydroxyl groups is 1. The van der Waals surface area contributed by atoms with Crippen molar-refractivity contribution in [3.05, 3.63) is 22.3 Å². The molecule has 2 aliphatic heterocycles. The molecule has 0 amide bonds. The second kappa shape index (κ2) is 8.37. The largest absolute Gasteiger partial charge is 0.460 e. The van der Waals surface area contributed by atoms with Gasteiger partial charge in [-0.3, -0.25) is 10.1 Å². The van der Waals surface area contributed by atoms with Crippen molar-refractivity contribution in [1.29, 1.82) is 0 Å². The van der Waals surface area contributed by atoms with Crippen LogP contribution in [0.5, 0.6) is 0 Å². The molecule has 0 aromatic carbocycles. The van der Waals surface area contributed by atoms with Crippen LogP contribution in [0.15, 0.2) is 12.2 Å². The third-order valence-corrected chi connectivity index (χ3v) is 8.92. The van der Waals surface area contributed by atoms with Gasteiger partial charge in [-0.15, -0.1) is 0 Å². The normalized spacial score (nSPS) is 50.4. The Kier molecular flexibility index (Phi) is 6.18. The zero-order valence-electron chi connectivity index (χ0n) is 19.7. The molecular formula is C24H37NO7. The van der Waals surface area contributed by atoms with Gasteiger partial charge in [-0.25, -0.2) is 4.79 Å². The third kappa shape index (κ3) is 3.59. The van der Waals surface area contributed by atoms with E-state index in [1.54, 1.807) is 0 Å². The molecule has 1 spiro atoms. The number of nitro groups is 1. The smallest absolute Gasteiger partial charge is 0.335 e. The van der Waals surface area contributed by atoms with Gasteiger partial charge < -0.3 is 19.3 Å². The Balaban J connectivity index is 1.73. The summed E-state index contributed by atoms with van der Waals surface area (Å²) in [6, 6.07) is 0. The van der Waals surface area contributed by atoms with Crippen molar-refractivity contribution in [2.75, 3.05) is 13.7 Å². The zero-order chi connectivity index (χ0) is 23.4. The molecule has 0 aromatic heterocycles. The summed E-state index contributed by atoms with van der Waals surface area (Å²) in [4.78, 5) is 23.8. The van der Waals surface area contributed by atoms with Gasteiger partial charge in [0.25, 0.3) is 0 Å². The minimum atomic E-state index is -0.707. The van der Waals surface area contributed by atoms with Crippen molar-refractivity contribution in [1.82, 2.24) is 0 Å². The van der Waals surface area contributed by atoms with Crippen LogP contribution in [0.4, 0.5) is 0 Å². The van der Waals surface area contributed by atoms with Crippen LogP contribution in [-0.4, -0.2) is 59.2 Å². The average molecular weight is 452 g/mol. The molecule has 3 fully saturated rings. The number of cyclic esters (lactones) is 1. The van der Waals surface area contributed by atoms with Crippen LogP contribution in [0, 0.1) is 45.6 Å². The maximum Gasteiger partial charge on any atom is 0.335 e. The number of rotatable bonds is 4. The predicted molar refractivity (Wildman–Crippen MR) is 116 cm³/mol. The molecule has 8 heteroatoms. The van der Waals surface area contributed by atoms with E-state index in [1.165, 1.54) is 7.11 Å². The molecule has 8 nitrogen and oxygen atoms in total. The second-order valence-electron chi connectivity index (χ2n) is 10.7. The van der Waals surface area contributed by atoms with Crippen LogP contribution >= 0.6 is 0 Å². The Morgan fingerprint density at radius 1 is 1.31 bits per heavy atom. The lowest BCUT2D eigenvalue weighted by molar-refractivity contribution is -0.492. The van der Waals surface area contributed by atoms with Crippen molar-refractivity contribution < 1.29 is 29.0 Å². The Morgan fingerprint density at radius 3 is 2.66 bits per heavy atom. The molecule has 4 rings (SSSR count). The Bertz CT molecular complexity index is 786. The summed E-state index contributed by atoms with van der Waals surface area (Å²) in [5.74, 6) is -0.882. The van der Waals surface area contributed by atoms with Crippen LogP contribution in [0.1, 0.15) is 53.4 Å². The summed E-state index contributed by atoms with van der Waals surface area (Å²) >= 11 is 0. The molecule has 32 heavy (non-hydrogen) atoms. The molecule has 0 radical (unpaired) electrons. The quantitative estimate of drug-likeness (QED) is 0.230. The van der Waals surface area contributed by atoms with Gasteiger partial charge in [-0.05, 0) is 50.4 Å². The highest BCUT2D eigenvalue weighted by Crippen LogP contribution is 2.67. The number of carbonyl (C=O) groups is 1. The second-order valence-corrected chi connectivity index (χ2v) is 10.7. The molecule has 0 bridgehead atoms. The highest BCUT2D eigenvalue weighted by molar-refractivity contribution is 5.75. The van der Waals surface area contributed by atoms with E-state index in [0.717, 1.165) is 6.42 Å². The molecule has 1 saturated carbocycles. The lowest BCUT2D eigenvalue weighted by Crippen LogP contribution is -2.57. The Morgan fingerprint density at radius 2 is 2.03 bits per heavy atom. The summed E-state index contributed by atoms with van der Waals surface area (Å²) in [7, 11) is 1.52. The van der Waals surface area contributed by atoms with E-state index in [0.29, 0.717) is 19.3 Å². The molecule has 2 aliphatic carbocycles. The molecule has 2 heterocycles. The van der Waals surface area contributed by atoms with E-state index in [-0.39, 0.29) is 59.0 Å². The minimum Gasteiger partial charge on any atom is -0.460 e. The first-order chi connectivity index (χ1) is 15.1. The Labute approximate surface area is 189 Å². The summed E-state index contributed by atoms with van der Waals surface area (Å²) in [6.45, 7) is 8.01. The van der Waals surface area contributed by atoms with E-state index in [4.69, 9.17) is 14.2 Å². The van der Waals surface area contributed by atoms with Crippen LogP contribution < -0.4 is 0 Å². The number of carbonyl (C=O) groups excluding carboxylic acids is 1. The van der Waals surface area contributed by atoms with E-state index in [1.807, 2.05) is 13.8 Å². The molecular weight excluding hydrogens is 414 g/mol. The lowest BCUT2D eigenvalue weighted by atomic mass is 9.54. The van der Waals surface area contributed by atoms with Gasteiger partial charge in [0.2, 0.25) is 6.54 Å². The molecule has 1 N–H and O–H groups in total. The molecule has 2 unspecified atom stereocenters. The summed E-state index contributed by atoms with van der Waals surface area (Å²) < 4.78 is 18.0. The molecule has 2 saturated heterocycles. The molecule has 4 aliphatic rings. The van der Waals surface area contributed by atoms with Gasteiger partial charge in [0.15, 0.2) is 6.10 Å². The minimum absolute atomic E-state index is 0.0115.